The summed E-state index contributed by atoms with van der Waals surface area (Å²) in [5, 5.41) is 6.87. The summed E-state index contributed by atoms with van der Waals surface area (Å²) in [4.78, 5) is 28.4. The van der Waals surface area contributed by atoms with Gasteiger partial charge in [0.05, 0.1) is 31.2 Å². The summed E-state index contributed by atoms with van der Waals surface area (Å²) in [6, 6.07) is 5.33. The number of methoxy groups -OCH3 is 2. The van der Waals surface area contributed by atoms with Gasteiger partial charge < -0.3 is 18.7 Å². The van der Waals surface area contributed by atoms with Crippen molar-refractivity contribution in [1.29, 1.82) is 0 Å². The number of carbonyl (C=O) groups is 2. The van der Waals surface area contributed by atoms with Crippen molar-refractivity contribution in [2.24, 2.45) is 0 Å². The van der Waals surface area contributed by atoms with E-state index in [2.05, 4.69) is 15.5 Å². The lowest BCUT2D eigenvalue weighted by molar-refractivity contribution is -0.111. The van der Waals surface area contributed by atoms with Gasteiger partial charge in [0, 0.05) is 6.08 Å². The molecule has 0 atom stereocenters. The maximum absolute atomic E-state index is 12.2. The number of nitrogens with one attached hydrogen (secondary N) is 1. The molecule has 1 amide bonds. The lowest BCUT2D eigenvalue weighted by Crippen LogP contribution is -2.07. The van der Waals surface area contributed by atoms with Crippen molar-refractivity contribution < 1.29 is 28.3 Å². The molecular weight excluding hydrogens is 434 g/mol. The number of carbonyl (C=O) groups excluding carboxylic acids is 2. The number of rotatable bonds is 8. The van der Waals surface area contributed by atoms with Crippen molar-refractivity contribution in [2.45, 2.75) is 27.4 Å². The molecule has 3 aromatic rings. The van der Waals surface area contributed by atoms with Crippen LogP contribution in [0.5, 0.6) is 11.5 Å². The third kappa shape index (κ3) is 5.33. The number of ether oxygens (including phenoxy) is 3. The number of amides is 1. The van der Waals surface area contributed by atoms with Gasteiger partial charge >= 0.3 is 5.97 Å². The molecule has 0 aliphatic heterocycles. The SMILES string of the molecule is COC(=O)c1sc(NC(=O)/C=C/c2ccc(OCc3c(C)noc3C)c(OC)c2)nc1C. The number of benzene rings is 1. The molecule has 10 heteroatoms. The molecule has 168 valence electrons. The van der Waals surface area contributed by atoms with Crippen molar-refractivity contribution in [3.05, 3.63) is 57.4 Å². The average molecular weight is 458 g/mol. The Hall–Kier alpha value is -3.66. The van der Waals surface area contributed by atoms with Crippen molar-refractivity contribution in [3.8, 4) is 11.5 Å². The molecule has 1 N–H and O–H groups in total. The zero-order chi connectivity index (χ0) is 23.3. The topological polar surface area (TPSA) is 113 Å². The third-order valence-corrected chi connectivity index (χ3v) is 5.62. The molecular formula is C22H23N3O6S. The van der Waals surface area contributed by atoms with E-state index in [1.165, 1.54) is 13.2 Å². The second-order valence-corrected chi connectivity index (χ2v) is 7.75. The largest absolute Gasteiger partial charge is 0.493 e. The van der Waals surface area contributed by atoms with Crippen LogP contribution in [0.1, 0.15) is 37.9 Å². The summed E-state index contributed by atoms with van der Waals surface area (Å²) >= 11 is 1.06. The van der Waals surface area contributed by atoms with E-state index >= 15 is 0 Å². The first-order valence-electron chi connectivity index (χ1n) is 9.59. The van der Waals surface area contributed by atoms with Crippen LogP contribution < -0.4 is 14.8 Å². The van der Waals surface area contributed by atoms with Crippen LogP contribution in [0.4, 0.5) is 5.13 Å². The number of hydrogen-bond donors (Lipinski definition) is 1. The Labute approximate surface area is 189 Å². The fraction of sp³-hybridized carbons (Fsp3) is 0.273. The number of nitrogens with zero attached hydrogens (tertiary/aromatic N) is 2. The summed E-state index contributed by atoms with van der Waals surface area (Å²) in [6.07, 6.45) is 3.01. The Kier molecular flexibility index (Phi) is 7.26. The zero-order valence-corrected chi connectivity index (χ0v) is 19.2. The quantitative estimate of drug-likeness (QED) is 0.398. The number of esters is 1. The first-order valence-corrected chi connectivity index (χ1v) is 10.4. The second kappa shape index (κ2) is 10.1. The molecule has 2 heterocycles. The fourth-order valence-corrected chi connectivity index (χ4v) is 3.70. The first-order chi connectivity index (χ1) is 15.3. The minimum Gasteiger partial charge on any atom is -0.493 e. The van der Waals surface area contributed by atoms with E-state index in [0.29, 0.717) is 39.6 Å². The highest BCUT2D eigenvalue weighted by Crippen LogP contribution is 2.30. The number of hydrogen-bond acceptors (Lipinski definition) is 9. The third-order valence-electron chi connectivity index (χ3n) is 4.57. The minimum atomic E-state index is -0.486. The van der Waals surface area contributed by atoms with Gasteiger partial charge in [-0.2, -0.15) is 0 Å². The molecule has 2 aromatic heterocycles. The highest BCUT2D eigenvalue weighted by atomic mass is 32.1. The van der Waals surface area contributed by atoms with Gasteiger partial charge in [0.2, 0.25) is 5.91 Å². The maximum atomic E-state index is 12.2. The van der Waals surface area contributed by atoms with E-state index < -0.39 is 5.97 Å². The normalized spacial score (nSPS) is 10.9. The van der Waals surface area contributed by atoms with Crippen molar-refractivity contribution in [2.75, 3.05) is 19.5 Å². The van der Waals surface area contributed by atoms with Crippen LogP contribution >= 0.6 is 11.3 Å². The Morgan fingerprint density at radius 3 is 2.59 bits per heavy atom. The molecule has 32 heavy (non-hydrogen) atoms. The van der Waals surface area contributed by atoms with E-state index in [-0.39, 0.29) is 5.91 Å². The summed E-state index contributed by atoms with van der Waals surface area (Å²) in [5.41, 5.74) is 2.91. The monoisotopic (exact) mass is 457 g/mol. The van der Waals surface area contributed by atoms with E-state index in [9.17, 15) is 9.59 Å². The first kappa shape index (κ1) is 23.0. The van der Waals surface area contributed by atoms with Gasteiger partial charge in [-0.15, -0.1) is 0 Å². The molecule has 0 fully saturated rings. The predicted molar refractivity (Wildman–Crippen MR) is 119 cm³/mol. The number of anilines is 1. The van der Waals surface area contributed by atoms with Gasteiger partial charge in [-0.05, 0) is 44.5 Å². The number of aromatic nitrogens is 2. The van der Waals surface area contributed by atoms with Crippen LogP contribution in [-0.4, -0.2) is 36.2 Å². The Morgan fingerprint density at radius 2 is 1.94 bits per heavy atom. The van der Waals surface area contributed by atoms with Crippen molar-refractivity contribution in [3.63, 3.8) is 0 Å². The van der Waals surface area contributed by atoms with Gasteiger partial charge in [-0.25, -0.2) is 9.78 Å². The van der Waals surface area contributed by atoms with Crippen LogP contribution in [0.25, 0.3) is 6.08 Å². The van der Waals surface area contributed by atoms with Crippen molar-refractivity contribution >= 4 is 34.4 Å². The maximum Gasteiger partial charge on any atom is 0.350 e. The lowest BCUT2D eigenvalue weighted by atomic mass is 10.2. The Bertz CT molecular complexity index is 1150. The zero-order valence-electron chi connectivity index (χ0n) is 18.3. The van der Waals surface area contributed by atoms with Crippen molar-refractivity contribution in [1.82, 2.24) is 10.1 Å². The lowest BCUT2D eigenvalue weighted by Gasteiger charge is -2.11. The molecule has 0 saturated heterocycles. The molecule has 0 unspecified atom stereocenters. The molecule has 0 bridgehead atoms. The minimum absolute atomic E-state index is 0.301. The van der Waals surface area contributed by atoms with Gasteiger partial charge in [0.25, 0.3) is 0 Å². The van der Waals surface area contributed by atoms with E-state index in [1.54, 1.807) is 38.3 Å². The molecule has 9 nitrogen and oxygen atoms in total. The number of aryl methyl sites for hydroxylation is 3. The summed E-state index contributed by atoms with van der Waals surface area (Å²) in [5.74, 6) is 0.925. The van der Waals surface area contributed by atoms with E-state index in [4.69, 9.17) is 18.7 Å². The molecule has 0 saturated carbocycles. The molecule has 0 aliphatic carbocycles. The standard InChI is InChI=1S/C22H23N3O6S/c1-12-16(14(3)31-25-12)11-30-17-8-6-15(10-18(17)28-4)7-9-19(26)24-22-23-13(2)20(32-22)21(27)29-5/h6-10H,11H2,1-5H3,(H,23,24,26)/b9-7+. The van der Waals surface area contributed by atoms with E-state index in [1.807, 2.05) is 13.8 Å². The van der Waals surface area contributed by atoms with Gasteiger partial charge in [-0.3, -0.25) is 10.1 Å². The van der Waals surface area contributed by atoms with Crippen LogP contribution in [0.3, 0.4) is 0 Å². The molecule has 0 spiro atoms. The van der Waals surface area contributed by atoms with Crippen LogP contribution in [0.15, 0.2) is 28.8 Å². The smallest absolute Gasteiger partial charge is 0.350 e. The highest BCUT2D eigenvalue weighted by Gasteiger charge is 2.16. The Morgan fingerprint density at radius 1 is 1.16 bits per heavy atom. The number of thiazole rings is 1. The van der Waals surface area contributed by atoms with Gasteiger partial charge in [0.15, 0.2) is 16.6 Å². The van der Waals surface area contributed by atoms with Crippen LogP contribution in [0, 0.1) is 20.8 Å². The Balaban J connectivity index is 1.65. The van der Waals surface area contributed by atoms with Crippen LogP contribution in [-0.2, 0) is 16.1 Å². The molecule has 1 aromatic carbocycles. The average Bonchev–Trinajstić information content (AvgIpc) is 3.31. The van der Waals surface area contributed by atoms with Gasteiger partial charge in [-0.1, -0.05) is 22.6 Å². The van der Waals surface area contributed by atoms with Gasteiger partial charge in [0.1, 0.15) is 17.2 Å². The fourth-order valence-electron chi connectivity index (χ4n) is 2.82. The summed E-state index contributed by atoms with van der Waals surface area (Å²) in [7, 11) is 2.84. The summed E-state index contributed by atoms with van der Waals surface area (Å²) < 4.78 is 21.1. The molecule has 0 radical (unpaired) electrons. The van der Waals surface area contributed by atoms with E-state index in [0.717, 1.165) is 28.2 Å². The predicted octanol–water partition coefficient (Wildman–Crippen LogP) is 4.08. The molecule has 0 aliphatic rings. The van der Waals surface area contributed by atoms with Crippen LogP contribution in [0.2, 0.25) is 0 Å². The summed E-state index contributed by atoms with van der Waals surface area (Å²) in [6.45, 7) is 5.67. The second-order valence-electron chi connectivity index (χ2n) is 6.75. The highest BCUT2D eigenvalue weighted by molar-refractivity contribution is 7.17. The molecule has 3 rings (SSSR count).